The average Bonchev–Trinajstić information content (AvgIpc) is 2.25. The SMILES string of the molecule is CC1CC(O)CCCCCCCCCC(O)C1. The maximum absolute atomic E-state index is 9.89. The van der Waals surface area contributed by atoms with Crippen molar-refractivity contribution in [1.29, 1.82) is 0 Å². The van der Waals surface area contributed by atoms with Crippen LogP contribution in [0.3, 0.4) is 0 Å². The van der Waals surface area contributed by atoms with Crippen molar-refractivity contribution < 1.29 is 10.2 Å². The fourth-order valence-corrected chi connectivity index (χ4v) is 2.90. The third-order valence-corrected chi connectivity index (χ3v) is 3.92. The minimum Gasteiger partial charge on any atom is -0.393 e. The second-order valence-electron chi connectivity index (χ2n) is 5.94. The predicted octanol–water partition coefficient (Wildman–Crippen LogP) is 3.65. The molecule has 1 fully saturated rings. The van der Waals surface area contributed by atoms with Crippen LogP contribution in [0.2, 0.25) is 0 Å². The lowest BCUT2D eigenvalue weighted by molar-refractivity contribution is 0.0957. The van der Waals surface area contributed by atoms with Gasteiger partial charge >= 0.3 is 0 Å². The molecule has 0 aromatic heterocycles. The number of aliphatic hydroxyl groups is 2. The van der Waals surface area contributed by atoms with Gasteiger partial charge in [0.05, 0.1) is 12.2 Å². The molecule has 2 unspecified atom stereocenters. The summed E-state index contributed by atoms with van der Waals surface area (Å²) in [6, 6.07) is 0. The number of hydrogen-bond acceptors (Lipinski definition) is 2. The molecule has 0 aliphatic heterocycles. The van der Waals surface area contributed by atoms with Gasteiger partial charge in [-0.3, -0.25) is 0 Å². The van der Waals surface area contributed by atoms with Crippen LogP contribution in [0.4, 0.5) is 0 Å². The largest absolute Gasteiger partial charge is 0.393 e. The van der Waals surface area contributed by atoms with Crippen LogP contribution in [0, 0.1) is 5.92 Å². The fraction of sp³-hybridized carbons (Fsp3) is 1.00. The lowest BCUT2D eigenvalue weighted by Gasteiger charge is -2.20. The molecule has 0 radical (unpaired) electrons. The molecule has 2 nitrogen and oxygen atoms in total. The molecule has 1 saturated carbocycles. The van der Waals surface area contributed by atoms with Crippen LogP contribution in [0.15, 0.2) is 0 Å². The van der Waals surface area contributed by atoms with Gasteiger partial charge in [0, 0.05) is 0 Å². The summed E-state index contributed by atoms with van der Waals surface area (Å²) in [4.78, 5) is 0. The van der Waals surface area contributed by atoms with Gasteiger partial charge in [0.25, 0.3) is 0 Å². The third-order valence-electron chi connectivity index (χ3n) is 3.92. The van der Waals surface area contributed by atoms with Crippen LogP contribution in [-0.4, -0.2) is 22.4 Å². The van der Waals surface area contributed by atoms with E-state index in [2.05, 4.69) is 6.92 Å². The lowest BCUT2D eigenvalue weighted by Crippen LogP contribution is -2.17. The Morgan fingerprint density at radius 2 is 1.00 bits per heavy atom. The van der Waals surface area contributed by atoms with E-state index in [1.807, 2.05) is 0 Å². The van der Waals surface area contributed by atoms with Gasteiger partial charge in [-0.05, 0) is 31.6 Å². The summed E-state index contributed by atoms with van der Waals surface area (Å²) in [5, 5.41) is 19.8. The summed E-state index contributed by atoms with van der Waals surface area (Å²) >= 11 is 0. The van der Waals surface area contributed by atoms with Crippen LogP contribution < -0.4 is 0 Å². The first kappa shape index (κ1) is 15.0. The molecule has 2 heteroatoms. The van der Waals surface area contributed by atoms with E-state index >= 15 is 0 Å². The molecule has 0 aromatic carbocycles. The summed E-state index contributed by atoms with van der Waals surface area (Å²) < 4.78 is 0. The Morgan fingerprint density at radius 3 is 1.41 bits per heavy atom. The molecule has 0 spiro atoms. The second kappa shape index (κ2) is 8.93. The molecular weight excluding hydrogens is 212 g/mol. The van der Waals surface area contributed by atoms with E-state index in [1.54, 1.807) is 0 Å². The zero-order valence-electron chi connectivity index (χ0n) is 11.4. The highest BCUT2D eigenvalue weighted by atomic mass is 16.3. The summed E-state index contributed by atoms with van der Waals surface area (Å²) in [6.45, 7) is 2.15. The zero-order valence-corrected chi connectivity index (χ0v) is 11.4. The average molecular weight is 242 g/mol. The highest BCUT2D eigenvalue weighted by Gasteiger charge is 2.14. The van der Waals surface area contributed by atoms with E-state index in [9.17, 15) is 10.2 Å². The quantitative estimate of drug-likeness (QED) is 0.680. The topological polar surface area (TPSA) is 40.5 Å². The molecule has 1 rings (SSSR count). The number of rotatable bonds is 0. The van der Waals surface area contributed by atoms with Crippen molar-refractivity contribution in [2.45, 2.75) is 89.8 Å². The summed E-state index contributed by atoms with van der Waals surface area (Å²) in [6.07, 6.45) is 12.1. The molecule has 2 N–H and O–H groups in total. The first-order valence-corrected chi connectivity index (χ1v) is 7.54. The Labute approximate surface area is 106 Å². The third kappa shape index (κ3) is 7.77. The van der Waals surface area contributed by atoms with Gasteiger partial charge in [0.15, 0.2) is 0 Å². The summed E-state index contributed by atoms with van der Waals surface area (Å²) in [5.74, 6) is 0.447. The van der Waals surface area contributed by atoms with Crippen molar-refractivity contribution in [3.63, 3.8) is 0 Å². The highest BCUT2D eigenvalue weighted by Crippen LogP contribution is 2.20. The Bertz CT molecular complexity index is 164. The number of hydrogen-bond donors (Lipinski definition) is 2. The van der Waals surface area contributed by atoms with E-state index in [0.29, 0.717) is 5.92 Å². The Morgan fingerprint density at radius 1 is 0.647 bits per heavy atom. The van der Waals surface area contributed by atoms with Crippen molar-refractivity contribution in [1.82, 2.24) is 0 Å². The Kier molecular flexibility index (Phi) is 7.87. The monoisotopic (exact) mass is 242 g/mol. The minimum absolute atomic E-state index is 0.153. The standard InChI is InChI=1S/C15H30O2/c1-13-11-14(16)9-7-5-3-2-4-6-8-10-15(17)12-13/h13-17H,2-12H2,1H3. The van der Waals surface area contributed by atoms with Crippen molar-refractivity contribution in [2.24, 2.45) is 5.92 Å². The molecule has 0 amide bonds. The molecule has 2 atom stereocenters. The highest BCUT2D eigenvalue weighted by molar-refractivity contribution is 4.67. The molecule has 1 aliphatic carbocycles. The lowest BCUT2D eigenvalue weighted by atomic mass is 9.92. The predicted molar refractivity (Wildman–Crippen MR) is 72.0 cm³/mol. The van der Waals surface area contributed by atoms with Crippen LogP contribution in [-0.2, 0) is 0 Å². The van der Waals surface area contributed by atoms with E-state index in [-0.39, 0.29) is 12.2 Å². The maximum atomic E-state index is 9.89. The maximum Gasteiger partial charge on any atom is 0.0542 e. The molecule has 0 aromatic rings. The Balaban J connectivity index is 2.31. The van der Waals surface area contributed by atoms with Crippen LogP contribution in [0.25, 0.3) is 0 Å². The van der Waals surface area contributed by atoms with Gasteiger partial charge in [-0.2, -0.15) is 0 Å². The van der Waals surface area contributed by atoms with Crippen molar-refractivity contribution in [3.8, 4) is 0 Å². The number of aliphatic hydroxyl groups excluding tert-OH is 2. The van der Waals surface area contributed by atoms with Gasteiger partial charge in [-0.15, -0.1) is 0 Å². The smallest absolute Gasteiger partial charge is 0.0542 e. The minimum atomic E-state index is -0.153. The van der Waals surface area contributed by atoms with Gasteiger partial charge in [-0.25, -0.2) is 0 Å². The first-order valence-electron chi connectivity index (χ1n) is 7.54. The van der Waals surface area contributed by atoms with E-state index in [1.165, 1.54) is 32.1 Å². The zero-order chi connectivity index (χ0) is 12.5. The van der Waals surface area contributed by atoms with Gasteiger partial charge in [-0.1, -0.05) is 51.9 Å². The van der Waals surface area contributed by atoms with Crippen molar-refractivity contribution >= 4 is 0 Å². The summed E-state index contributed by atoms with van der Waals surface area (Å²) in [5.41, 5.74) is 0. The summed E-state index contributed by atoms with van der Waals surface area (Å²) in [7, 11) is 0. The van der Waals surface area contributed by atoms with Crippen molar-refractivity contribution in [2.75, 3.05) is 0 Å². The van der Waals surface area contributed by atoms with Crippen LogP contribution in [0.5, 0.6) is 0 Å². The fourth-order valence-electron chi connectivity index (χ4n) is 2.90. The van der Waals surface area contributed by atoms with E-state index < -0.39 is 0 Å². The molecule has 0 saturated heterocycles. The second-order valence-corrected chi connectivity index (χ2v) is 5.94. The van der Waals surface area contributed by atoms with Crippen molar-refractivity contribution in [3.05, 3.63) is 0 Å². The van der Waals surface area contributed by atoms with Crippen LogP contribution >= 0.6 is 0 Å². The van der Waals surface area contributed by atoms with Gasteiger partial charge < -0.3 is 10.2 Å². The first-order chi connectivity index (χ1) is 8.18. The molecule has 0 heterocycles. The van der Waals surface area contributed by atoms with Gasteiger partial charge in [0.2, 0.25) is 0 Å². The molecular formula is C15H30O2. The molecule has 0 bridgehead atoms. The van der Waals surface area contributed by atoms with Crippen LogP contribution in [0.1, 0.15) is 77.6 Å². The van der Waals surface area contributed by atoms with E-state index in [4.69, 9.17) is 0 Å². The molecule has 1 aliphatic rings. The normalized spacial score (nSPS) is 35.1. The molecule has 102 valence electrons. The van der Waals surface area contributed by atoms with E-state index in [0.717, 1.165) is 38.5 Å². The molecule has 17 heavy (non-hydrogen) atoms. The Hall–Kier alpha value is -0.0800. The van der Waals surface area contributed by atoms with Gasteiger partial charge in [0.1, 0.15) is 0 Å².